The third-order valence-electron chi connectivity index (χ3n) is 6.63. The largest absolute Gasteiger partial charge is 0.490 e. The molecule has 0 bridgehead atoms. The molecule has 2 aliphatic heterocycles. The molecular formula is C31H30N4O3S. The van der Waals surface area contributed by atoms with Gasteiger partial charge in [0.1, 0.15) is 29.8 Å². The highest BCUT2D eigenvalue weighted by atomic mass is 32.2. The molecule has 2 heterocycles. The van der Waals surface area contributed by atoms with E-state index in [2.05, 4.69) is 36.1 Å². The van der Waals surface area contributed by atoms with Gasteiger partial charge in [0.25, 0.3) is 5.91 Å². The predicted octanol–water partition coefficient (Wildman–Crippen LogP) is 6.63. The van der Waals surface area contributed by atoms with E-state index in [1.54, 1.807) is 6.08 Å². The molecule has 0 radical (unpaired) electrons. The molecule has 3 aromatic rings. The van der Waals surface area contributed by atoms with Gasteiger partial charge < -0.3 is 9.47 Å². The van der Waals surface area contributed by atoms with Crippen molar-refractivity contribution in [1.29, 1.82) is 5.41 Å². The quantitative estimate of drug-likeness (QED) is 0.244. The van der Waals surface area contributed by atoms with Gasteiger partial charge in [0.15, 0.2) is 5.84 Å². The smallest absolute Gasteiger partial charge is 0.283 e. The number of fused-ring (bicyclic) bond motifs is 1. The summed E-state index contributed by atoms with van der Waals surface area (Å²) in [7, 11) is 0. The fraction of sp³-hybridized carbons (Fsp3) is 0.226. The first-order valence-corrected chi connectivity index (χ1v) is 13.8. The second-order valence-corrected chi connectivity index (χ2v) is 10.4. The summed E-state index contributed by atoms with van der Waals surface area (Å²) in [4.78, 5) is 16.9. The van der Waals surface area contributed by atoms with Gasteiger partial charge in [-0.1, -0.05) is 67.9 Å². The van der Waals surface area contributed by atoms with E-state index >= 15 is 0 Å². The predicted molar refractivity (Wildman–Crippen MR) is 158 cm³/mol. The van der Waals surface area contributed by atoms with Crippen molar-refractivity contribution in [2.75, 3.05) is 13.2 Å². The highest BCUT2D eigenvalue weighted by molar-refractivity contribution is 8.27. The standard InChI is InChI=1S/C31H30N4O3S/c1-4-21(3)23-11-15-26(16-12-23)38-18-17-37-25-13-7-22(8-14-25)19-27-28(32)35-31(33-29(27)36)39-30(34-35)24-9-5-20(2)6-10-24/h5-16,19,21,32H,4,17-18H2,1-3H3/b27-19-,32-28?. The lowest BCUT2D eigenvalue weighted by molar-refractivity contribution is -0.114. The molecule has 0 fully saturated rings. The third-order valence-corrected chi connectivity index (χ3v) is 7.58. The van der Waals surface area contributed by atoms with E-state index in [-0.39, 0.29) is 11.4 Å². The van der Waals surface area contributed by atoms with Gasteiger partial charge in [0, 0.05) is 5.56 Å². The first-order chi connectivity index (χ1) is 18.9. The first kappa shape index (κ1) is 26.4. The van der Waals surface area contributed by atoms with Gasteiger partial charge in [-0.05, 0) is 72.5 Å². The summed E-state index contributed by atoms with van der Waals surface area (Å²) in [6.07, 6.45) is 2.77. The Bertz CT molecular complexity index is 1460. The summed E-state index contributed by atoms with van der Waals surface area (Å²) in [6.45, 7) is 7.26. The molecule has 0 aromatic heterocycles. The number of amides is 1. The van der Waals surface area contributed by atoms with Crippen LogP contribution in [0.4, 0.5) is 0 Å². The number of rotatable bonds is 9. The zero-order valence-electron chi connectivity index (χ0n) is 22.2. The zero-order valence-corrected chi connectivity index (χ0v) is 23.0. The minimum absolute atomic E-state index is 0.00858. The average molecular weight is 539 g/mol. The molecule has 7 nitrogen and oxygen atoms in total. The summed E-state index contributed by atoms with van der Waals surface area (Å²) in [6, 6.07) is 23.5. The molecule has 0 aliphatic carbocycles. The van der Waals surface area contributed by atoms with Gasteiger partial charge in [-0.3, -0.25) is 10.2 Å². The van der Waals surface area contributed by atoms with E-state index in [0.29, 0.717) is 35.1 Å². The molecule has 5 rings (SSSR count). The molecule has 8 heteroatoms. The minimum atomic E-state index is -0.450. The number of nitrogens with zero attached hydrogens (tertiary/aromatic N) is 3. The summed E-state index contributed by atoms with van der Waals surface area (Å²) >= 11 is 1.29. The first-order valence-electron chi connectivity index (χ1n) is 12.9. The van der Waals surface area contributed by atoms with Crippen LogP contribution in [0.25, 0.3) is 6.08 Å². The van der Waals surface area contributed by atoms with E-state index in [1.165, 1.54) is 22.3 Å². The zero-order chi connectivity index (χ0) is 27.4. The van der Waals surface area contributed by atoms with Crippen LogP contribution < -0.4 is 9.47 Å². The van der Waals surface area contributed by atoms with Gasteiger partial charge in [-0.2, -0.15) is 15.1 Å². The molecule has 0 spiro atoms. The molecule has 198 valence electrons. The molecule has 1 N–H and O–H groups in total. The summed E-state index contributed by atoms with van der Waals surface area (Å²) in [5, 5.41) is 15.7. The maximum absolute atomic E-state index is 12.7. The second-order valence-electron chi connectivity index (χ2n) is 9.44. The molecule has 0 saturated carbocycles. The van der Waals surface area contributed by atoms with Gasteiger partial charge in [-0.15, -0.1) is 0 Å². The van der Waals surface area contributed by atoms with Crippen molar-refractivity contribution in [2.45, 2.75) is 33.1 Å². The number of aryl methyl sites for hydroxylation is 1. The van der Waals surface area contributed by atoms with Crippen LogP contribution in [0.15, 0.2) is 88.5 Å². The van der Waals surface area contributed by atoms with Crippen LogP contribution in [-0.4, -0.2) is 40.2 Å². The summed E-state index contributed by atoms with van der Waals surface area (Å²) < 4.78 is 11.6. The van der Waals surface area contributed by atoms with Crippen LogP contribution in [0, 0.1) is 12.3 Å². The molecular weight excluding hydrogens is 508 g/mol. The van der Waals surface area contributed by atoms with Crippen molar-refractivity contribution >= 4 is 39.8 Å². The summed E-state index contributed by atoms with van der Waals surface area (Å²) in [5.74, 6) is 1.62. The number of hydrogen-bond acceptors (Lipinski definition) is 6. The number of ether oxygens (including phenoxy) is 2. The Labute approximate surface area is 232 Å². The number of hydrogen-bond donors (Lipinski definition) is 1. The Morgan fingerprint density at radius 3 is 2.18 bits per heavy atom. The van der Waals surface area contributed by atoms with Crippen LogP contribution in [0.2, 0.25) is 0 Å². The molecule has 1 atom stereocenters. The van der Waals surface area contributed by atoms with E-state index in [9.17, 15) is 4.79 Å². The number of amidine groups is 2. The van der Waals surface area contributed by atoms with E-state index in [1.807, 2.05) is 67.6 Å². The van der Waals surface area contributed by atoms with Crippen molar-refractivity contribution in [1.82, 2.24) is 5.01 Å². The molecule has 1 unspecified atom stereocenters. The Morgan fingerprint density at radius 2 is 1.56 bits per heavy atom. The van der Waals surface area contributed by atoms with E-state index in [0.717, 1.165) is 28.9 Å². The maximum Gasteiger partial charge on any atom is 0.283 e. The Balaban J connectivity index is 1.17. The lowest BCUT2D eigenvalue weighted by Crippen LogP contribution is -2.35. The Kier molecular flexibility index (Phi) is 7.93. The van der Waals surface area contributed by atoms with Gasteiger partial charge >= 0.3 is 0 Å². The number of nitrogens with one attached hydrogen (secondary N) is 1. The lowest BCUT2D eigenvalue weighted by atomic mass is 9.99. The highest BCUT2D eigenvalue weighted by Crippen LogP contribution is 2.31. The number of carbonyl (C=O) groups is 1. The number of carbonyl (C=O) groups excluding carboxylic acids is 1. The fourth-order valence-corrected chi connectivity index (χ4v) is 4.98. The monoisotopic (exact) mass is 538 g/mol. The fourth-order valence-electron chi connectivity index (χ4n) is 4.08. The summed E-state index contributed by atoms with van der Waals surface area (Å²) in [5.41, 5.74) is 4.34. The van der Waals surface area contributed by atoms with Crippen molar-refractivity contribution in [2.24, 2.45) is 10.1 Å². The van der Waals surface area contributed by atoms with Crippen LogP contribution in [0.3, 0.4) is 0 Å². The number of aliphatic imine (C=N–C) groups is 1. The van der Waals surface area contributed by atoms with Crippen molar-refractivity contribution in [3.8, 4) is 11.5 Å². The molecule has 1 amide bonds. The van der Waals surface area contributed by atoms with E-state index in [4.69, 9.17) is 14.9 Å². The normalized spacial score (nSPS) is 16.6. The molecule has 2 aliphatic rings. The number of thioether (sulfide) groups is 1. The lowest BCUT2D eigenvalue weighted by Gasteiger charge is -2.20. The molecule has 3 aromatic carbocycles. The average Bonchev–Trinajstić information content (AvgIpc) is 3.38. The SMILES string of the molecule is CCC(C)c1ccc(OCCOc2ccc(/C=C3/C(=N)N4N=C(c5ccc(C)cc5)SC4=NC3=O)cc2)cc1. The van der Waals surface area contributed by atoms with Crippen LogP contribution >= 0.6 is 11.8 Å². The van der Waals surface area contributed by atoms with Gasteiger partial charge in [0.05, 0.1) is 5.57 Å². The topological polar surface area (TPSA) is 87.3 Å². The molecule has 0 saturated heterocycles. The van der Waals surface area contributed by atoms with Crippen LogP contribution in [-0.2, 0) is 4.79 Å². The van der Waals surface area contributed by atoms with Crippen LogP contribution in [0.1, 0.15) is 48.4 Å². The van der Waals surface area contributed by atoms with E-state index < -0.39 is 5.91 Å². The molecule has 39 heavy (non-hydrogen) atoms. The number of hydrazone groups is 1. The third kappa shape index (κ3) is 6.12. The van der Waals surface area contributed by atoms with Crippen molar-refractivity contribution in [3.63, 3.8) is 0 Å². The van der Waals surface area contributed by atoms with Gasteiger partial charge in [0.2, 0.25) is 5.17 Å². The van der Waals surface area contributed by atoms with Gasteiger partial charge in [-0.25, -0.2) is 0 Å². The Morgan fingerprint density at radius 1 is 0.949 bits per heavy atom. The van der Waals surface area contributed by atoms with Crippen LogP contribution in [0.5, 0.6) is 11.5 Å². The second kappa shape index (κ2) is 11.7. The van der Waals surface area contributed by atoms with Crippen molar-refractivity contribution < 1.29 is 14.3 Å². The Hall–Kier alpha value is -4.17. The highest BCUT2D eigenvalue weighted by Gasteiger charge is 2.36. The number of benzene rings is 3. The maximum atomic E-state index is 12.7. The van der Waals surface area contributed by atoms with Crippen molar-refractivity contribution in [3.05, 3.63) is 101 Å². The minimum Gasteiger partial charge on any atom is -0.490 e.